The lowest BCUT2D eigenvalue weighted by atomic mass is 10.4. The molecule has 76 valence electrons. The Morgan fingerprint density at radius 3 is 3.07 bits per heavy atom. The van der Waals surface area contributed by atoms with Crippen LogP contribution in [0.2, 0.25) is 0 Å². The van der Waals surface area contributed by atoms with Crippen LogP contribution in [0, 0.1) is 0 Å². The average Bonchev–Trinajstić information content (AvgIpc) is 2.17. The Morgan fingerprint density at radius 1 is 1.64 bits per heavy atom. The molecule has 1 aromatic rings. The van der Waals surface area contributed by atoms with Crippen molar-refractivity contribution in [2.45, 2.75) is 19.9 Å². The van der Waals surface area contributed by atoms with Crippen LogP contribution >= 0.6 is 0 Å². The van der Waals surface area contributed by atoms with Crippen LogP contribution in [-0.4, -0.2) is 22.1 Å². The Morgan fingerprint density at radius 2 is 2.43 bits per heavy atom. The van der Waals surface area contributed by atoms with Gasteiger partial charge in [0.1, 0.15) is 0 Å². The topological polar surface area (TPSA) is 61.2 Å². The van der Waals surface area contributed by atoms with Crippen molar-refractivity contribution in [3.05, 3.63) is 28.9 Å². The Hall–Kier alpha value is -1.65. The smallest absolute Gasteiger partial charge is 0.307 e. The third-order valence-corrected chi connectivity index (χ3v) is 1.65. The van der Waals surface area contributed by atoms with Gasteiger partial charge in [0.15, 0.2) is 0 Å². The maximum absolute atomic E-state index is 11.2. The first kappa shape index (κ1) is 10.4. The normalized spacial score (nSPS) is 9.79. The van der Waals surface area contributed by atoms with E-state index in [2.05, 4.69) is 4.98 Å². The molecule has 0 unspecified atom stereocenters. The van der Waals surface area contributed by atoms with Crippen LogP contribution in [0.5, 0.6) is 0 Å². The number of hydrogen-bond acceptors (Lipinski definition) is 4. The van der Waals surface area contributed by atoms with Crippen molar-refractivity contribution in [2.75, 3.05) is 6.61 Å². The van der Waals surface area contributed by atoms with E-state index >= 15 is 0 Å². The molecule has 0 atom stereocenters. The minimum atomic E-state index is -0.303. The molecule has 0 fully saturated rings. The molecule has 0 aliphatic rings. The summed E-state index contributed by atoms with van der Waals surface area (Å²) in [5.41, 5.74) is -0.163. The summed E-state index contributed by atoms with van der Waals surface area (Å²) in [5.74, 6) is -0.303. The van der Waals surface area contributed by atoms with Crippen molar-refractivity contribution in [3.63, 3.8) is 0 Å². The van der Waals surface area contributed by atoms with Crippen LogP contribution in [0.4, 0.5) is 0 Å². The van der Waals surface area contributed by atoms with Gasteiger partial charge in [0, 0.05) is 18.8 Å². The van der Waals surface area contributed by atoms with Gasteiger partial charge < -0.3 is 4.74 Å². The third kappa shape index (κ3) is 3.01. The van der Waals surface area contributed by atoms with Crippen LogP contribution in [0.15, 0.2) is 23.4 Å². The quantitative estimate of drug-likeness (QED) is 0.645. The van der Waals surface area contributed by atoms with E-state index in [9.17, 15) is 9.59 Å². The zero-order chi connectivity index (χ0) is 10.4. The van der Waals surface area contributed by atoms with Gasteiger partial charge in [-0.25, -0.2) is 4.98 Å². The molecule has 0 aliphatic heterocycles. The third-order valence-electron chi connectivity index (χ3n) is 1.65. The van der Waals surface area contributed by atoms with E-state index in [1.807, 2.05) is 0 Å². The monoisotopic (exact) mass is 196 g/mol. The average molecular weight is 196 g/mol. The van der Waals surface area contributed by atoms with Gasteiger partial charge in [-0.2, -0.15) is 0 Å². The van der Waals surface area contributed by atoms with Crippen molar-refractivity contribution in [1.82, 2.24) is 9.55 Å². The van der Waals surface area contributed by atoms with Gasteiger partial charge >= 0.3 is 5.97 Å². The maximum Gasteiger partial charge on any atom is 0.307 e. The molecule has 1 heterocycles. The lowest BCUT2D eigenvalue weighted by Crippen LogP contribution is -2.20. The highest BCUT2D eigenvalue weighted by molar-refractivity contribution is 5.69. The van der Waals surface area contributed by atoms with Gasteiger partial charge in [-0.15, -0.1) is 0 Å². The zero-order valence-electron chi connectivity index (χ0n) is 7.97. The summed E-state index contributed by atoms with van der Waals surface area (Å²) in [6, 6.07) is 1.35. The number of rotatable bonds is 4. The molecule has 1 rings (SSSR count). The summed E-state index contributed by atoms with van der Waals surface area (Å²) in [6.07, 6.45) is 3.02. The van der Waals surface area contributed by atoms with E-state index < -0.39 is 0 Å². The lowest BCUT2D eigenvalue weighted by Gasteiger charge is -2.03. The largest absolute Gasteiger partial charge is 0.466 e. The number of hydrogen-bond donors (Lipinski definition) is 0. The fraction of sp³-hybridized carbons (Fsp3) is 0.444. The highest BCUT2D eigenvalue weighted by Gasteiger charge is 2.02. The minimum absolute atomic E-state index is 0.163. The fourth-order valence-electron chi connectivity index (χ4n) is 0.991. The molecule has 1 aromatic heterocycles. The molecule has 5 nitrogen and oxygen atoms in total. The van der Waals surface area contributed by atoms with Crippen LogP contribution in [0.1, 0.15) is 13.3 Å². The molecule has 0 amide bonds. The molecule has 0 saturated carbocycles. The Labute approximate surface area is 81.3 Å². The second kappa shape index (κ2) is 5.16. The molecule has 0 spiro atoms. The minimum Gasteiger partial charge on any atom is -0.466 e. The van der Waals surface area contributed by atoms with Gasteiger partial charge in [-0.05, 0) is 6.92 Å². The molecule has 0 bridgehead atoms. The number of carbonyl (C=O) groups is 1. The van der Waals surface area contributed by atoms with Crippen molar-refractivity contribution in [3.8, 4) is 0 Å². The van der Waals surface area contributed by atoms with Crippen LogP contribution in [-0.2, 0) is 16.1 Å². The Bertz CT molecular complexity index is 359. The van der Waals surface area contributed by atoms with Gasteiger partial charge in [-0.3, -0.25) is 14.2 Å². The second-order valence-electron chi connectivity index (χ2n) is 2.67. The molecular formula is C9H12N2O3. The number of ether oxygens (including phenoxy) is 1. The lowest BCUT2D eigenvalue weighted by molar-refractivity contribution is -0.143. The van der Waals surface area contributed by atoms with E-state index in [0.29, 0.717) is 13.2 Å². The molecule has 0 radical (unpaired) electrons. The number of nitrogens with zero attached hydrogens (tertiary/aromatic N) is 2. The first-order chi connectivity index (χ1) is 6.74. The highest BCUT2D eigenvalue weighted by atomic mass is 16.5. The molecule has 14 heavy (non-hydrogen) atoms. The molecular weight excluding hydrogens is 184 g/mol. The van der Waals surface area contributed by atoms with Crippen molar-refractivity contribution >= 4 is 5.97 Å². The van der Waals surface area contributed by atoms with E-state index in [1.165, 1.54) is 23.2 Å². The van der Waals surface area contributed by atoms with Crippen molar-refractivity contribution < 1.29 is 9.53 Å². The Kier molecular flexibility index (Phi) is 3.84. The molecule has 0 N–H and O–H groups in total. The predicted octanol–water partition coefficient (Wildman–Crippen LogP) is 0.197. The summed E-state index contributed by atoms with van der Waals surface area (Å²) >= 11 is 0. The van der Waals surface area contributed by atoms with Gasteiger partial charge in [0.2, 0.25) is 0 Å². The van der Waals surface area contributed by atoms with E-state index in [0.717, 1.165) is 0 Å². The standard InChI is InChI=1S/C9H12N2O3/c1-2-14-9(13)4-6-11-7-10-5-3-8(11)12/h3,5,7H,2,4,6H2,1H3. The summed E-state index contributed by atoms with van der Waals surface area (Å²) in [4.78, 5) is 25.9. The van der Waals surface area contributed by atoms with Crippen LogP contribution in [0.25, 0.3) is 0 Å². The van der Waals surface area contributed by atoms with Gasteiger partial charge in [-0.1, -0.05) is 0 Å². The summed E-state index contributed by atoms with van der Waals surface area (Å²) in [5, 5.41) is 0. The van der Waals surface area contributed by atoms with E-state index in [-0.39, 0.29) is 17.9 Å². The van der Waals surface area contributed by atoms with Crippen molar-refractivity contribution in [1.29, 1.82) is 0 Å². The second-order valence-corrected chi connectivity index (χ2v) is 2.67. The van der Waals surface area contributed by atoms with Gasteiger partial charge in [0.05, 0.1) is 19.4 Å². The van der Waals surface area contributed by atoms with Crippen LogP contribution in [0.3, 0.4) is 0 Å². The van der Waals surface area contributed by atoms with Crippen LogP contribution < -0.4 is 5.56 Å². The zero-order valence-corrected chi connectivity index (χ0v) is 7.97. The summed E-state index contributed by atoms with van der Waals surface area (Å²) < 4.78 is 6.10. The van der Waals surface area contributed by atoms with E-state index in [1.54, 1.807) is 6.92 Å². The van der Waals surface area contributed by atoms with Gasteiger partial charge in [0.25, 0.3) is 5.56 Å². The molecule has 5 heteroatoms. The highest BCUT2D eigenvalue weighted by Crippen LogP contribution is 1.89. The number of aromatic nitrogens is 2. The first-order valence-electron chi connectivity index (χ1n) is 4.40. The Balaban J connectivity index is 2.50. The SMILES string of the molecule is CCOC(=O)CCn1cnccc1=O. The molecule has 0 saturated heterocycles. The fourth-order valence-corrected chi connectivity index (χ4v) is 0.991. The molecule has 0 aliphatic carbocycles. The van der Waals surface area contributed by atoms with E-state index in [4.69, 9.17) is 4.74 Å². The number of carbonyl (C=O) groups excluding carboxylic acids is 1. The molecule has 0 aromatic carbocycles. The predicted molar refractivity (Wildman–Crippen MR) is 49.7 cm³/mol. The summed E-state index contributed by atoms with van der Waals surface area (Å²) in [6.45, 7) is 2.42. The first-order valence-corrected chi connectivity index (χ1v) is 4.40. The summed E-state index contributed by atoms with van der Waals surface area (Å²) in [7, 11) is 0. The number of esters is 1. The number of aryl methyl sites for hydroxylation is 1. The van der Waals surface area contributed by atoms with Crippen molar-refractivity contribution in [2.24, 2.45) is 0 Å². The maximum atomic E-state index is 11.2.